The molecule has 1 fully saturated rings. The van der Waals surface area contributed by atoms with Crippen molar-refractivity contribution in [3.05, 3.63) is 53.6 Å². The highest BCUT2D eigenvalue weighted by Gasteiger charge is 2.26. The lowest BCUT2D eigenvalue weighted by atomic mass is 9.94. The Morgan fingerprint density at radius 2 is 2.23 bits per heavy atom. The molecule has 5 rings (SSSR count). The van der Waals surface area contributed by atoms with Gasteiger partial charge in [0.25, 0.3) is 5.91 Å². The third-order valence-electron chi connectivity index (χ3n) is 5.04. The normalized spacial score (nSPS) is 18.0. The molecule has 1 aromatic carbocycles. The first-order valence-corrected chi connectivity index (χ1v) is 9.79. The SMILES string of the molecule is O=C(c1cn2ccsc2n1)N1CCC[C@@H](Cc2nc3ccccc3[nH]2)C1. The number of amides is 1. The summed E-state index contributed by atoms with van der Waals surface area (Å²) >= 11 is 1.55. The van der Waals surface area contributed by atoms with E-state index in [1.807, 2.05) is 51.3 Å². The molecule has 0 aliphatic carbocycles. The molecule has 3 aromatic heterocycles. The van der Waals surface area contributed by atoms with E-state index in [0.717, 1.165) is 54.2 Å². The second-order valence-electron chi connectivity index (χ2n) is 6.88. The van der Waals surface area contributed by atoms with Gasteiger partial charge in [0.1, 0.15) is 11.5 Å². The van der Waals surface area contributed by atoms with Crippen LogP contribution in [0.3, 0.4) is 0 Å². The van der Waals surface area contributed by atoms with Gasteiger partial charge in [-0.15, -0.1) is 11.3 Å². The van der Waals surface area contributed by atoms with Gasteiger partial charge >= 0.3 is 0 Å². The number of benzene rings is 1. The number of imidazole rings is 2. The molecule has 1 atom stereocenters. The van der Waals surface area contributed by atoms with Crippen LogP contribution in [-0.2, 0) is 6.42 Å². The van der Waals surface area contributed by atoms with E-state index in [0.29, 0.717) is 11.6 Å². The lowest BCUT2D eigenvalue weighted by molar-refractivity contribution is 0.0667. The van der Waals surface area contributed by atoms with Gasteiger partial charge in [0.15, 0.2) is 4.96 Å². The van der Waals surface area contributed by atoms with Gasteiger partial charge in [0.05, 0.1) is 11.0 Å². The number of rotatable bonds is 3. The van der Waals surface area contributed by atoms with Crippen LogP contribution >= 0.6 is 11.3 Å². The van der Waals surface area contributed by atoms with E-state index in [9.17, 15) is 4.79 Å². The van der Waals surface area contributed by atoms with Crippen molar-refractivity contribution in [2.75, 3.05) is 13.1 Å². The molecule has 1 saturated heterocycles. The quantitative estimate of drug-likeness (QED) is 0.605. The maximum absolute atomic E-state index is 12.8. The summed E-state index contributed by atoms with van der Waals surface area (Å²) in [5, 5.41) is 1.97. The highest BCUT2D eigenvalue weighted by molar-refractivity contribution is 7.15. The standard InChI is InChI=1S/C19H19N5OS/c25-18(16-12-24-8-9-26-19(24)22-16)23-7-3-4-13(11-23)10-17-20-14-5-1-2-6-15(14)21-17/h1-2,5-6,8-9,12-13H,3-4,7,10-11H2,(H,20,21)/t13-/m0/s1. The van der Waals surface area contributed by atoms with E-state index in [1.165, 1.54) is 0 Å². The highest BCUT2D eigenvalue weighted by atomic mass is 32.1. The first-order chi connectivity index (χ1) is 12.8. The lowest BCUT2D eigenvalue weighted by Crippen LogP contribution is -2.40. The van der Waals surface area contributed by atoms with Gasteiger partial charge in [-0.1, -0.05) is 12.1 Å². The molecule has 1 aliphatic rings. The molecule has 0 radical (unpaired) electrons. The number of likely N-dealkylation sites (tertiary alicyclic amines) is 1. The van der Waals surface area contributed by atoms with Crippen LogP contribution in [0.15, 0.2) is 42.0 Å². The average molecular weight is 365 g/mol. The van der Waals surface area contributed by atoms with E-state index in [1.54, 1.807) is 11.3 Å². The number of thiazole rings is 1. The molecule has 1 N–H and O–H groups in total. The molecular weight excluding hydrogens is 346 g/mol. The number of carbonyl (C=O) groups excluding carboxylic acids is 1. The number of nitrogens with one attached hydrogen (secondary N) is 1. The fourth-order valence-electron chi connectivity index (χ4n) is 3.78. The highest BCUT2D eigenvalue weighted by Crippen LogP contribution is 2.23. The van der Waals surface area contributed by atoms with E-state index >= 15 is 0 Å². The molecule has 7 heteroatoms. The first kappa shape index (κ1) is 15.6. The van der Waals surface area contributed by atoms with Gasteiger partial charge in [-0.25, -0.2) is 9.97 Å². The Hall–Kier alpha value is -2.67. The van der Waals surface area contributed by atoms with Gasteiger partial charge in [-0.05, 0) is 30.9 Å². The van der Waals surface area contributed by atoms with Crippen LogP contribution in [0, 0.1) is 5.92 Å². The summed E-state index contributed by atoms with van der Waals surface area (Å²) in [4.78, 5) is 28.2. The number of aromatic nitrogens is 4. The summed E-state index contributed by atoms with van der Waals surface area (Å²) in [5.74, 6) is 1.47. The predicted molar refractivity (Wildman–Crippen MR) is 101 cm³/mol. The maximum Gasteiger partial charge on any atom is 0.274 e. The van der Waals surface area contributed by atoms with E-state index in [2.05, 4.69) is 15.0 Å². The molecule has 6 nitrogen and oxygen atoms in total. The molecule has 132 valence electrons. The van der Waals surface area contributed by atoms with Crippen molar-refractivity contribution in [2.45, 2.75) is 19.3 Å². The van der Waals surface area contributed by atoms with Crippen LogP contribution in [0.25, 0.3) is 16.0 Å². The Kier molecular flexibility index (Phi) is 3.74. The number of H-pyrrole nitrogens is 1. The fourth-order valence-corrected chi connectivity index (χ4v) is 4.48. The zero-order chi connectivity index (χ0) is 17.5. The Morgan fingerprint density at radius 3 is 3.12 bits per heavy atom. The second kappa shape index (κ2) is 6.25. The molecule has 0 saturated carbocycles. The number of aromatic amines is 1. The van der Waals surface area contributed by atoms with Gasteiger partial charge in [-0.3, -0.25) is 9.20 Å². The number of carbonyl (C=O) groups is 1. The van der Waals surface area contributed by atoms with Crippen LogP contribution in [0.4, 0.5) is 0 Å². The number of hydrogen-bond donors (Lipinski definition) is 1. The van der Waals surface area contributed by atoms with Crippen molar-refractivity contribution >= 4 is 33.2 Å². The van der Waals surface area contributed by atoms with E-state index < -0.39 is 0 Å². The Labute approximate surface area is 154 Å². The number of nitrogens with zero attached hydrogens (tertiary/aromatic N) is 4. The average Bonchev–Trinajstić information content (AvgIpc) is 3.35. The predicted octanol–water partition coefficient (Wildman–Crippen LogP) is 3.37. The smallest absolute Gasteiger partial charge is 0.274 e. The van der Waals surface area contributed by atoms with Crippen molar-refractivity contribution in [2.24, 2.45) is 5.92 Å². The van der Waals surface area contributed by atoms with Crippen LogP contribution in [0.1, 0.15) is 29.2 Å². The van der Waals surface area contributed by atoms with Gasteiger partial charge in [0, 0.05) is 37.3 Å². The second-order valence-corrected chi connectivity index (χ2v) is 7.76. The van der Waals surface area contributed by atoms with Crippen molar-refractivity contribution in [1.82, 2.24) is 24.3 Å². The van der Waals surface area contributed by atoms with Gasteiger partial charge < -0.3 is 9.88 Å². The molecule has 1 aliphatic heterocycles. The Morgan fingerprint density at radius 1 is 1.31 bits per heavy atom. The fraction of sp³-hybridized carbons (Fsp3) is 0.316. The van der Waals surface area contributed by atoms with Crippen molar-refractivity contribution in [3.8, 4) is 0 Å². The zero-order valence-corrected chi connectivity index (χ0v) is 15.1. The molecule has 4 heterocycles. The van der Waals surface area contributed by atoms with Crippen LogP contribution in [0.2, 0.25) is 0 Å². The summed E-state index contributed by atoms with van der Waals surface area (Å²) < 4.78 is 1.91. The lowest BCUT2D eigenvalue weighted by Gasteiger charge is -2.32. The number of fused-ring (bicyclic) bond motifs is 2. The van der Waals surface area contributed by atoms with Crippen LogP contribution < -0.4 is 0 Å². The third kappa shape index (κ3) is 2.78. The zero-order valence-electron chi connectivity index (χ0n) is 14.3. The van der Waals surface area contributed by atoms with Crippen LogP contribution in [0.5, 0.6) is 0 Å². The summed E-state index contributed by atoms with van der Waals surface area (Å²) in [6.07, 6.45) is 6.79. The maximum atomic E-state index is 12.8. The Balaban J connectivity index is 1.31. The van der Waals surface area contributed by atoms with Gasteiger partial charge in [-0.2, -0.15) is 0 Å². The van der Waals surface area contributed by atoms with Crippen molar-refractivity contribution in [1.29, 1.82) is 0 Å². The number of para-hydroxylation sites is 2. The molecule has 0 spiro atoms. The van der Waals surface area contributed by atoms with Crippen LogP contribution in [-0.4, -0.2) is 43.2 Å². The van der Waals surface area contributed by atoms with E-state index in [4.69, 9.17) is 0 Å². The van der Waals surface area contributed by atoms with E-state index in [-0.39, 0.29) is 5.91 Å². The topological polar surface area (TPSA) is 66.3 Å². The molecule has 4 aromatic rings. The molecule has 26 heavy (non-hydrogen) atoms. The number of hydrogen-bond acceptors (Lipinski definition) is 4. The number of piperidine rings is 1. The van der Waals surface area contributed by atoms with Gasteiger partial charge in [0.2, 0.25) is 0 Å². The minimum Gasteiger partial charge on any atom is -0.342 e. The minimum atomic E-state index is 0.0372. The molecule has 0 unspecified atom stereocenters. The summed E-state index contributed by atoms with van der Waals surface area (Å²) in [6, 6.07) is 8.09. The third-order valence-corrected chi connectivity index (χ3v) is 5.81. The molecule has 0 bridgehead atoms. The summed E-state index contributed by atoms with van der Waals surface area (Å²) in [7, 11) is 0. The molecule has 1 amide bonds. The monoisotopic (exact) mass is 365 g/mol. The Bertz CT molecular complexity index is 1020. The minimum absolute atomic E-state index is 0.0372. The first-order valence-electron chi connectivity index (χ1n) is 8.91. The summed E-state index contributed by atoms with van der Waals surface area (Å²) in [5.41, 5.74) is 2.62. The van der Waals surface area contributed by atoms with Crippen molar-refractivity contribution in [3.63, 3.8) is 0 Å². The molecular formula is C19H19N5OS. The largest absolute Gasteiger partial charge is 0.342 e. The summed E-state index contributed by atoms with van der Waals surface area (Å²) in [6.45, 7) is 1.57. The van der Waals surface area contributed by atoms with Crippen molar-refractivity contribution < 1.29 is 4.79 Å².